The zero-order valence-corrected chi connectivity index (χ0v) is 7.45. The fourth-order valence-electron chi connectivity index (χ4n) is 1.06. The highest BCUT2D eigenvalue weighted by Gasteiger charge is 1.95. The second-order valence-corrected chi connectivity index (χ2v) is 2.59. The summed E-state index contributed by atoms with van der Waals surface area (Å²) in [5, 5.41) is 2.96. The molecular weight excluding hydrogens is 164 g/mol. The Labute approximate surface area is 77.3 Å². The maximum absolute atomic E-state index is 10.1. The first-order chi connectivity index (χ1) is 6.27. The van der Waals surface area contributed by atoms with Gasteiger partial charge in [-0.05, 0) is 23.8 Å². The number of nitrogen functional groups attached to an aromatic ring is 1. The van der Waals surface area contributed by atoms with E-state index in [2.05, 4.69) is 5.32 Å². The summed E-state index contributed by atoms with van der Waals surface area (Å²) in [5.74, 6) is 0. The number of anilines is 2. The minimum atomic E-state index is 0.676. The van der Waals surface area contributed by atoms with E-state index in [1.807, 2.05) is 25.2 Å². The first-order valence-electron chi connectivity index (χ1n) is 3.97. The molecule has 0 radical (unpaired) electrons. The van der Waals surface area contributed by atoms with Crippen molar-refractivity contribution in [3.05, 3.63) is 29.8 Å². The zero-order chi connectivity index (χ0) is 9.68. The number of rotatable bonds is 3. The molecule has 68 valence electrons. The van der Waals surface area contributed by atoms with Crippen molar-refractivity contribution in [3.8, 4) is 0 Å². The number of carbonyl (C=O) groups is 1. The number of nitrogens with one attached hydrogen (secondary N) is 1. The van der Waals surface area contributed by atoms with Crippen molar-refractivity contribution >= 4 is 23.7 Å². The SMILES string of the molecule is CNc1ccc(/C=C/C=O)cc1N. The lowest BCUT2D eigenvalue weighted by molar-refractivity contribution is -0.104. The average Bonchev–Trinajstić information content (AvgIpc) is 2.15. The zero-order valence-electron chi connectivity index (χ0n) is 7.45. The molecule has 0 saturated carbocycles. The van der Waals surface area contributed by atoms with Gasteiger partial charge in [0.25, 0.3) is 0 Å². The summed E-state index contributed by atoms with van der Waals surface area (Å²) in [7, 11) is 1.81. The topological polar surface area (TPSA) is 55.1 Å². The Bertz CT molecular complexity index is 332. The van der Waals surface area contributed by atoms with Crippen molar-refractivity contribution in [2.24, 2.45) is 0 Å². The third kappa shape index (κ3) is 2.33. The largest absolute Gasteiger partial charge is 0.397 e. The lowest BCUT2D eigenvalue weighted by Gasteiger charge is -2.04. The van der Waals surface area contributed by atoms with Crippen molar-refractivity contribution < 1.29 is 4.79 Å². The van der Waals surface area contributed by atoms with Crippen LogP contribution < -0.4 is 11.1 Å². The van der Waals surface area contributed by atoms with Crippen LogP contribution in [0.3, 0.4) is 0 Å². The van der Waals surface area contributed by atoms with Crippen LogP contribution in [0.5, 0.6) is 0 Å². The first kappa shape index (κ1) is 9.32. The van der Waals surface area contributed by atoms with E-state index in [4.69, 9.17) is 5.73 Å². The van der Waals surface area contributed by atoms with E-state index in [1.54, 1.807) is 6.08 Å². The van der Waals surface area contributed by atoms with Gasteiger partial charge in [-0.3, -0.25) is 4.79 Å². The van der Waals surface area contributed by atoms with Gasteiger partial charge in [-0.1, -0.05) is 12.1 Å². The third-order valence-corrected chi connectivity index (χ3v) is 1.71. The molecule has 3 N–H and O–H groups in total. The van der Waals surface area contributed by atoms with Gasteiger partial charge >= 0.3 is 0 Å². The van der Waals surface area contributed by atoms with Crippen molar-refractivity contribution in [3.63, 3.8) is 0 Å². The number of benzene rings is 1. The molecule has 0 fully saturated rings. The number of hydrogen-bond acceptors (Lipinski definition) is 3. The molecule has 0 aliphatic carbocycles. The molecule has 0 saturated heterocycles. The van der Waals surface area contributed by atoms with Crippen LogP contribution in [-0.2, 0) is 4.79 Å². The van der Waals surface area contributed by atoms with Gasteiger partial charge in [0.05, 0.1) is 11.4 Å². The van der Waals surface area contributed by atoms with Gasteiger partial charge in [-0.2, -0.15) is 0 Å². The van der Waals surface area contributed by atoms with Crippen molar-refractivity contribution in [1.29, 1.82) is 0 Å². The molecule has 13 heavy (non-hydrogen) atoms. The monoisotopic (exact) mass is 176 g/mol. The molecule has 0 aliphatic rings. The highest BCUT2D eigenvalue weighted by atomic mass is 16.1. The predicted octanol–water partition coefficient (Wildman–Crippen LogP) is 1.52. The lowest BCUT2D eigenvalue weighted by Crippen LogP contribution is -1.95. The van der Waals surface area contributed by atoms with Crippen LogP contribution in [0.25, 0.3) is 6.08 Å². The molecule has 1 aromatic rings. The molecule has 0 atom stereocenters. The van der Waals surface area contributed by atoms with Crippen molar-refractivity contribution in [1.82, 2.24) is 0 Å². The van der Waals surface area contributed by atoms with Gasteiger partial charge in [0, 0.05) is 7.05 Å². The van der Waals surface area contributed by atoms with Crippen LogP contribution in [0.2, 0.25) is 0 Å². The van der Waals surface area contributed by atoms with E-state index in [-0.39, 0.29) is 0 Å². The van der Waals surface area contributed by atoms with Crippen LogP contribution in [-0.4, -0.2) is 13.3 Å². The molecule has 0 amide bonds. The van der Waals surface area contributed by atoms with Crippen LogP contribution >= 0.6 is 0 Å². The van der Waals surface area contributed by atoms with E-state index in [0.717, 1.165) is 17.5 Å². The molecule has 0 bridgehead atoms. The standard InChI is InChI=1S/C10H12N2O/c1-12-10-5-4-8(3-2-6-13)7-9(10)11/h2-7,12H,11H2,1H3/b3-2+. The van der Waals surface area contributed by atoms with Gasteiger partial charge in [0.1, 0.15) is 6.29 Å². The number of aldehydes is 1. The number of nitrogens with two attached hydrogens (primary N) is 1. The Kier molecular flexibility index (Phi) is 3.09. The van der Waals surface area contributed by atoms with E-state index < -0.39 is 0 Å². The van der Waals surface area contributed by atoms with Crippen molar-refractivity contribution in [2.75, 3.05) is 18.1 Å². The maximum Gasteiger partial charge on any atom is 0.142 e. The van der Waals surface area contributed by atoms with Crippen LogP contribution in [0.15, 0.2) is 24.3 Å². The Morgan fingerprint density at radius 2 is 2.23 bits per heavy atom. The molecule has 0 spiro atoms. The molecule has 3 nitrogen and oxygen atoms in total. The summed E-state index contributed by atoms with van der Waals surface area (Å²) >= 11 is 0. The summed E-state index contributed by atoms with van der Waals surface area (Å²) in [6.07, 6.45) is 3.89. The highest BCUT2D eigenvalue weighted by molar-refractivity contribution is 5.76. The minimum Gasteiger partial charge on any atom is -0.397 e. The molecule has 0 aliphatic heterocycles. The van der Waals surface area contributed by atoms with Crippen LogP contribution in [0, 0.1) is 0 Å². The normalized spacial score (nSPS) is 10.2. The molecule has 1 aromatic carbocycles. The van der Waals surface area contributed by atoms with Gasteiger partial charge in [-0.25, -0.2) is 0 Å². The Balaban J connectivity index is 2.95. The van der Waals surface area contributed by atoms with Crippen LogP contribution in [0.1, 0.15) is 5.56 Å². The average molecular weight is 176 g/mol. The molecule has 0 aromatic heterocycles. The second kappa shape index (κ2) is 4.30. The van der Waals surface area contributed by atoms with E-state index >= 15 is 0 Å². The molecule has 1 rings (SSSR count). The van der Waals surface area contributed by atoms with Gasteiger partial charge in [0.15, 0.2) is 0 Å². The summed E-state index contributed by atoms with van der Waals surface area (Å²) in [6.45, 7) is 0. The van der Waals surface area contributed by atoms with E-state index in [9.17, 15) is 4.79 Å². The predicted molar refractivity (Wildman–Crippen MR) is 55.5 cm³/mol. The summed E-state index contributed by atoms with van der Waals surface area (Å²) in [6, 6.07) is 5.58. The molecule has 3 heteroatoms. The Morgan fingerprint density at radius 1 is 1.46 bits per heavy atom. The lowest BCUT2D eigenvalue weighted by atomic mass is 10.1. The molecule has 0 heterocycles. The van der Waals surface area contributed by atoms with Crippen molar-refractivity contribution in [2.45, 2.75) is 0 Å². The van der Waals surface area contributed by atoms with E-state index in [0.29, 0.717) is 5.69 Å². The molecule has 0 unspecified atom stereocenters. The minimum absolute atomic E-state index is 0.676. The summed E-state index contributed by atoms with van der Waals surface area (Å²) in [4.78, 5) is 10.1. The van der Waals surface area contributed by atoms with Gasteiger partial charge in [-0.15, -0.1) is 0 Å². The molecular formula is C10H12N2O. The number of carbonyl (C=O) groups excluding carboxylic acids is 1. The summed E-state index contributed by atoms with van der Waals surface area (Å²) < 4.78 is 0. The maximum atomic E-state index is 10.1. The number of hydrogen-bond donors (Lipinski definition) is 2. The smallest absolute Gasteiger partial charge is 0.142 e. The highest BCUT2D eigenvalue weighted by Crippen LogP contribution is 2.19. The Hall–Kier alpha value is -1.77. The van der Waals surface area contributed by atoms with Gasteiger partial charge < -0.3 is 11.1 Å². The number of allylic oxidation sites excluding steroid dienone is 1. The van der Waals surface area contributed by atoms with Gasteiger partial charge in [0.2, 0.25) is 0 Å². The Morgan fingerprint density at radius 3 is 2.77 bits per heavy atom. The third-order valence-electron chi connectivity index (χ3n) is 1.71. The van der Waals surface area contributed by atoms with Crippen LogP contribution in [0.4, 0.5) is 11.4 Å². The summed E-state index contributed by atoms with van der Waals surface area (Å²) in [5.41, 5.74) is 8.21. The second-order valence-electron chi connectivity index (χ2n) is 2.59. The first-order valence-corrected chi connectivity index (χ1v) is 3.97. The fourth-order valence-corrected chi connectivity index (χ4v) is 1.06. The fraction of sp³-hybridized carbons (Fsp3) is 0.100. The van der Waals surface area contributed by atoms with E-state index in [1.165, 1.54) is 6.08 Å². The quantitative estimate of drug-likeness (QED) is 0.417.